The molecule has 2 rings (SSSR count). The van der Waals surface area contributed by atoms with Crippen LogP contribution >= 0.6 is 11.6 Å². The Morgan fingerprint density at radius 1 is 1.35 bits per heavy atom. The maximum atomic E-state index is 11.7. The van der Waals surface area contributed by atoms with Crippen molar-refractivity contribution in [2.45, 2.75) is 5.16 Å². The number of carbonyl (C=O) groups excluding carboxylic acids is 1. The molecule has 0 aliphatic carbocycles. The standard InChI is InChI=1S/C13H14ClN5O3S/c1-3-10(20)18-4-6-19(7-5-18)12-9(8-15)11(14)16-13(17-12)23(2,21)22/h3H,1,4-7H2,2H3. The number of piperazine rings is 1. The number of nitriles is 1. The monoisotopic (exact) mass is 355 g/mol. The Morgan fingerprint density at radius 2 is 1.96 bits per heavy atom. The van der Waals surface area contributed by atoms with Gasteiger partial charge in [-0.15, -0.1) is 0 Å². The van der Waals surface area contributed by atoms with Crippen LogP contribution in [0, 0.1) is 11.3 Å². The predicted molar refractivity (Wildman–Crippen MR) is 83.9 cm³/mol. The SMILES string of the molecule is C=CC(=O)N1CCN(c2nc(S(C)(=O)=O)nc(Cl)c2C#N)CC1. The van der Waals surface area contributed by atoms with E-state index in [-0.39, 0.29) is 22.4 Å². The lowest BCUT2D eigenvalue weighted by Gasteiger charge is -2.35. The van der Waals surface area contributed by atoms with Crippen LogP contribution in [0.5, 0.6) is 0 Å². The van der Waals surface area contributed by atoms with Crippen molar-refractivity contribution in [3.05, 3.63) is 23.4 Å². The van der Waals surface area contributed by atoms with Gasteiger partial charge in [-0.2, -0.15) is 10.2 Å². The molecule has 2 heterocycles. The van der Waals surface area contributed by atoms with Crippen LogP contribution < -0.4 is 4.90 Å². The highest BCUT2D eigenvalue weighted by Crippen LogP contribution is 2.26. The van der Waals surface area contributed by atoms with E-state index < -0.39 is 15.0 Å². The van der Waals surface area contributed by atoms with Gasteiger partial charge in [-0.25, -0.2) is 13.4 Å². The van der Waals surface area contributed by atoms with Gasteiger partial charge in [-0.05, 0) is 6.08 Å². The highest BCUT2D eigenvalue weighted by molar-refractivity contribution is 7.90. The van der Waals surface area contributed by atoms with Gasteiger partial charge in [-0.3, -0.25) is 4.79 Å². The molecular formula is C13H14ClN5O3S. The van der Waals surface area contributed by atoms with Gasteiger partial charge in [0.2, 0.25) is 20.9 Å². The fourth-order valence-corrected chi connectivity index (χ4v) is 2.93. The average molecular weight is 356 g/mol. The second-order valence-electron chi connectivity index (χ2n) is 4.90. The van der Waals surface area contributed by atoms with Crippen LogP contribution in [-0.2, 0) is 14.6 Å². The lowest BCUT2D eigenvalue weighted by atomic mass is 10.2. The molecule has 1 saturated heterocycles. The molecule has 1 fully saturated rings. The Kier molecular flexibility index (Phi) is 4.87. The number of nitrogens with zero attached hydrogens (tertiary/aromatic N) is 5. The summed E-state index contributed by atoms with van der Waals surface area (Å²) in [4.78, 5) is 22.6. The molecule has 1 aromatic heterocycles. The molecule has 1 aliphatic rings. The molecule has 23 heavy (non-hydrogen) atoms. The van der Waals surface area contributed by atoms with E-state index in [4.69, 9.17) is 11.6 Å². The van der Waals surface area contributed by atoms with Crippen molar-refractivity contribution in [2.75, 3.05) is 37.3 Å². The summed E-state index contributed by atoms with van der Waals surface area (Å²) in [6.45, 7) is 5.04. The van der Waals surface area contributed by atoms with Crippen molar-refractivity contribution in [3.8, 4) is 6.07 Å². The summed E-state index contributed by atoms with van der Waals surface area (Å²) in [5, 5.41) is 8.60. The van der Waals surface area contributed by atoms with Gasteiger partial charge in [0.25, 0.3) is 0 Å². The third-order valence-electron chi connectivity index (χ3n) is 3.33. The molecule has 0 radical (unpaired) electrons. The molecule has 0 saturated carbocycles. The third-order valence-corrected chi connectivity index (χ3v) is 4.45. The molecule has 1 amide bonds. The van der Waals surface area contributed by atoms with Crippen molar-refractivity contribution in [3.63, 3.8) is 0 Å². The maximum absolute atomic E-state index is 11.7. The van der Waals surface area contributed by atoms with Gasteiger partial charge < -0.3 is 9.80 Å². The smallest absolute Gasteiger partial charge is 0.250 e. The van der Waals surface area contributed by atoms with E-state index >= 15 is 0 Å². The fraction of sp³-hybridized carbons (Fsp3) is 0.385. The van der Waals surface area contributed by atoms with Crippen molar-refractivity contribution in [2.24, 2.45) is 0 Å². The molecular weight excluding hydrogens is 342 g/mol. The summed E-state index contributed by atoms with van der Waals surface area (Å²) in [6, 6.07) is 1.89. The van der Waals surface area contributed by atoms with E-state index in [1.807, 2.05) is 6.07 Å². The normalized spacial score (nSPS) is 15.2. The van der Waals surface area contributed by atoms with E-state index in [1.165, 1.54) is 6.08 Å². The summed E-state index contributed by atoms with van der Waals surface area (Å²) in [7, 11) is -3.66. The van der Waals surface area contributed by atoms with Crippen LogP contribution in [0.1, 0.15) is 5.56 Å². The maximum Gasteiger partial charge on any atom is 0.250 e. The third kappa shape index (κ3) is 3.60. The zero-order valence-electron chi connectivity index (χ0n) is 12.4. The highest BCUT2D eigenvalue weighted by Gasteiger charge is 2.26. The lowest BCUT2D eigenvalue weighted by molar-refractivity contribution is -0.126. The van der Waals surface area contributed by atoms with E-state index in [9.17, 15) is 18.5 Å². The van der Waals surface area contributed by atoms with Crippen LogP contribution in [0.3, 0.4) is 0 Å². The zero-order chi connectivity index (χ0) is 17.2. The van der Waals surface area contributed by atoms with Gasteiger partial charge in [0.1, 0.15) is 11.6 Å². The first-order valence-corrected chi connectivity index (χ1v) is 8.89. The number of anilines is 1. The number of aromatic nitrogens is 2. The Labute approximate surface area is 138 Å². The molecule has 0 bridgehead atoms. The second-order valence-corrected chi connectivity index (χ2v) is 7.16. The zero-order valence-corrected chi connectivity index (χ0v) is 13.9. The number of halogens is 1. The van der Waals surface area contributed by atoms with Crippen LogP contribution in [0.4, 0.5) is 5.82 Å². The lowest BCUT2D eigenvalue weighted by Crippen LogP contribution is -2.48. The molecule has 1 aromatic rings. The highest BCUT2D eigenvalue weighted by atomic mass is 35.5. The minimum Gasteiger partial charge on any atom is -0.352 e. The first-order valence-electron chi connectivity index (χ1n) is 6.62. The summed E-state index contributed by atoms with van der Waals surface area (Å²) < 4.78 is 23.3. The van der Waals surface area contributed by atoms with Gasteiger partial charge in [0, 0.05) is 32.4 Å². The second kappa shape index (κ2) is 6.52. The van der Waals surface area contributed by atoms with Crippen molar-refractivity contribution >= 4 is 33.2 Å². The van der Waals surface area contributed by atoms with E-state index in [0.29, 0.717) is 26.2 Å². The molecule has 0 N–H and O–H groups in total. The summed E-state index contributed by atoms with van der Waals surface area (Å²) in [5.41, 5.74) is 0.0163. The number of hydrogen-bond donors (Lipinski definition) is 0. The Bertz CT molecular complexity index is 795. The minimum absolute atomic E-state index is 0.0163. The largest absolute Gasteiger partial charge is 0.352 e. The van der Waals surface area contributed by atoms with E-state index in [2.05, 4.69) is 16.5 Å². The van der Waals surface area contributed by atoms with Crippen molar-refractivity contribution in [1.29, 1.82) is 5.26 Å². The quantitative estimate of drug-likeness (QED) is 0.434. The summed E-state index contributed by atoms with van der Waals surface area (Å²) in [5.74, 6) is -0.0127. The van der Waals surface area contributed by atoms with Gasteiger partial charge in [0.05, 0.1) is 0 Å². The Morgan fingerprint density at radius 3 is 2.43 bits per heavy atom. The Hall–Kier alpha value is -2.18. The first-order chi connectivity index (χ1) is 10.8. The van der Waals surface area contributed by atoms with Crippen LogP contribution in [0.15, 0.2) is 17.8 Å². The van der Waals surface area contributed by atoms with Gasteiger partial charge in [0.15, 0.2) is 11.0 Å². The topological polar surface area (TPSA) is 107 Å². The van der Waals surface area contributed by atoms with Crippen molar-refractivity contribution < 1.29 is 13.2 Å². The van der Waals surface area contributed by atoms with Crippen LogP contribution in [0.25, 0.3) is 0 Å². The van der Waals surface area contributed by atoms with Gasteiger partial charge >= 0.3 is 0 Å². The first kappa shape index (κ1) is 17.2. The average Bonchev–Trinajstić information content (AvgIpc) is 2.52. The summed E-state index contributed by atoms with van der Waals surface area (Å²) >= 11 is 5.92. The van der Waals surface area contributed by atoms with E-state index in [0.717, 1.165) is 6.26 Å². The van der Waals surface area contributed by atoms with Crippen molar-refractivity contribution in [1.82, 2.24) is 14.9 Å². The molecule has 1 aliphatic heterocycles. The number of rotatable bonds is 3. The number of amides is 1. The summed E-state index contributed by atoms with van der Waals surface area (Å²) in [6.07, 6.45) is 2.20. The molecule has 0 spiro atoms. The molecule has 0 atom stereocenters. The van der Waals surface area contributed by atoms with Crippen LogP contribution in [-0.4, -0.2) is 61.6 Å². The fourth-order valence-electron chi connectivity index (χ4n) is 2.16. The van der Waals surface area contributed by atoms with Gasteiger partial charge in [-0.1, -0.05) is 18.2 Å². The number of carbonyl (C=O) groups is 1. The molecule has 10 heteroatoms. The van der Waals surface area contributed by atoms with Crippen LogP contribution in [0.2, 0.25) is 5.15 Å². The number of hydrogen-bond acceptors (Lipinski definition) is 7. The molecule has 0 unspecified atom stereocenters. The minimum atomic E-state index is -3.66. The molecule has 0 aromatic carbocycles. The Balaban J connectivity index is 2.36. The van der Waals surface area contributed by atoms with E-state index in [1.54, 1.807) is 9.80 Å². The molecule has 8 nitrogen and oxygen atoms in total. The number of sulfone groups is 1. The molecule has 122 valence electrons. The predicted octanol–water partition coefficient (Wildman–Crippen LogP) is 0.240.